The Hall–Kier alpha value is -2.41. The minimum atomic E-state index is 0.583. The second-order valence-corrected chi connectivity index (χ2v) is 6.17. The van der Waals surface area contributed by atoms with E-state index < -0.39 is 0 Å². The van der Waals surface area contributed by atoms with Crippen molar-refractivity contribution in [3.05, 3.63) is 36.7 Å². The van der Waals surface area contributed by atoms with Crippen LogP contribution in [0.5, 0.6) is 5.88 Å². The predicted octanol–water partition coefficient (Wildman–Crippen LogP) is 2.42. The van der Waals surface area contributed by atoms with Crippen LogP contribution < -0.4 is 14.5 Å². The topological polar surface area (TPSA) is 54.4 Å². The second kappa shape index (κ2) is 6.00. The van der Waals surface area contributed by atoms with E-state index in [1.54, 1.807) is 31.0 Å². The number of aromatic nitrogens is 3. The van der Waals surface area contributed by atoms with Crippen molar-refractivity contribution in [1.29, 1.82) is 0 Å². The number of fused-ring (bicyclic) bond motifs is 1. The number of hydrogen-bond donors (Lipinski definition) is 0. The Bertz CT molecular complexity index is 813. The highest BCUT2D eigenvalue weighted by Gasteiger charge is 2.23. The maximum atomic E-state index is 5.32. The van der Waals surface area contributed by atoms with Crippen molar-refractivity contribution in [1.82, 2.24) is 14.3 Å². The fourth-order valence-electron chi connectivity index (χ4n) is 2.91. The molecule has 0 spiro atoms. The average Bonchev–Trinajstić information content (AvgIpc) is 3.06. The Labute approximate surface area is 138 Å². The minimum absolute atomic E-state index is 0.583. The molecule has 3 heterocycles. The summed E-state index contributed by atoms with van der Waals surface area (Å²) in [5.41, 5.74) is 0. The van der Waals surface area contributed by atoms with Gasteiger partial charge in [-0.15, -0.1) is 0 Å². The van der Waals surface area contributed by atoms with Crippen LogP contribution in [-0.4, -0.2) is 47.6 Å². The summed E-state index contributed by atoms with van der Waals surface area (Å²) in [6, 6.07) is 8.40. The Morgan fingerprint density at radius 3 is 2.43 bits per heavy atom. The minimum Gasteiger partial charge on any atom is -0.478 e. The van der Waals surface area contributed by atoms with Gasteiger partial charge >= 0.3 is 0 Å². The molecule has 1 saturated heterocycles. The van der Waals surface area contributed by atoms with Gasteiger partial charge < -0.3 is 14.5 Å². The molecule has 6 nitrogen and oxygen atoms in total. The highest BCUT2D eigenvalue weighted by atomic mass is 32.1. The molecule has 23 heavy (non-hydrogen) atoms. The Kier molecular flexibility index (Phi) is 3.70. The second-order valence-electron chi connectivity index (χ2n) is 5.37. The molecule has 118 valence electrons. The fourth-order valence-corrected chi connectivity index (χ4v) is 3.71. The van der Waals surface area contributed by atoms with Crippen LogP contribution in [0.3, 0.4) is 0 Å². The normalized spacial score (nSPS) is 15.2. The first kappa shape index (κ1) is 14.2. The molecule has 0 radical (unpaired) electrons. The van der Waals surface area contributed by atoms with Gasteiger partial charge in [-0.3, -0.25) is 0 Å². The number of benzene rings is 1. The maximum absolute atomic E-state index is 5.32. The zero-order chi connectivity index (χ0) is 15.6. The first-order chi connectivity index (χ1) is 11.4. The highest BCUT2D eigenvalue weighted by molar-refractivity contribution is 7.13. The number of anilines is 2. The third kappa shape index (κ3) is 2.57. The highest BCUT2D eigenvalue weighted by Crippen LogP contribution is 2.31. The molecule has 0 amide bonds. The Morgan fingerprint density at radius 2 is 1.65 bits per heavy atom. The largest absolute Gasteiger partial charge is 0.478 e. The molecule has 0 aliphatic carbocycles. The van der Waals surface area contributed by atoms with E-state index in [9.17, 15) is 0 Å². The molecule has 1 fully saturated rings. The fraction of sp³-hybridized carbons (Fsp3) is 0.312. The van der Waals surface area contributed by atoms with Gasteiger partial charge in [-0.05, 0) is 23.7 Å². The number of methoxy groups -OCH3 is 1. The molecule has 7 heteroatoms. The monoisotopic (exact) mass is 327 g/mol. The molecule has 0 bridgehead atoms. The molecule has 0 unspecified atom stereocenters. The van der Waals surface area contributed by atoms with E-state index in [0.29, 0.717) is 5.88 Å². The molecule has 0 N–H and O–H groups in total. The standard InChI is InChI=1S/C16H17N5OS/c1-22-16-15(17-6-7-18-16)21-10-8-20(9-11-21)14-12-4-2-3-5-13(12)23-19-14/h2-7H,8-11H2,1H3. The summed E-state index contributed by atoms with van der Waals surface area (Å²) in [5.74, 6) is 2.49. The zero-order valence-corrected chi connectivity index (χ0v) is 13.7. The van der Waals surface area contributed by atoms with Gasteiger partial charge in [0.25, 0.3) is 5.88 Å². The Balaban J connectivity index is 1.53. The van der Waals surface area contributed by atoms with E-state index in [4.69, 9.17) is 4.74 Å². The van der Waals surface area contributed by atoms with Crippen molar-refractivity contribution < 1.29 is 4.74 Å². The van der Waals surface area contributed by atoms with Crippen molar-refractivity contribution in [2.24, 2.45) is 0 Å². The van der Waals surface area contributed by atoms with Gasteiger partial charge in [0.1, 0.15) is 5.82 Å². The summed E-state index contributed by atoms with van der Waals surface area (Å²) in [5, 5.41) is 1.24. The van der Waals surface area contributed by atoms with Crippen LogP contribution in [0.1, 0.15) is 0 Å². The molecule has 0 saturated carbocycles. The number of ether oxygens (including phenoxy) is 1. The van der Waals surface area contributed by atoms with E-state index in [1.807, 2.05) is 0 Å². The maximum Gasteiger partial charge on any atom is 0.257 e. The molecule has 1 aromatic carbocycles. The van der Waals surface area contributed by atoms with Crippen molar-refractivity contribution >= 4 is 33.3 Å². The van der Waals surface area contributed by atoms with Gasteiger partial charge in [0, 0.05) is 44.0 Å². The molecule has 4 rings (SSSR count). The van der Waals surface area contributed by atoms with Crippen LogP contribution in [0.4, 0.5) is 11.6 Å². The lowest BCUT2D eigenvalue weighted by Gasteiger charge is -2.35. The van der Waals surface area contributed by atoms with Gasteiger partial charge in [0.05, 0.1) is 11.8 Å². The third-order valence-electron chi connectivity index (χ3n) is 4.08. The molecule has 2 aromatic heterocycles. The molecule has 3 aromatic rings. The van der Waals surface area contributed by atoms with E-state index in [-0.39, 0.29) is 0 Å². The van der Waals surface area contributed by atoms with Crippen LogP contribution in [0, 0.1) is 0 Å². The molecular weight excluding hydrogens is 310 g/mol. The molecule has 0 atom stereocenters. The van der Waals surface area contributed by atoms with Crippen LogP contribution >= 0.6 is 11.5 Å². The summed E-state index contributed by atoms with van der Waals surface area (Å²) in [7, 11) is 1.63. The van der Waals surface area contributed by atoms with Gasteiger partial charge in [0.2, 0.25) is 0 Å². The van der Waals surface area contributed by atoms with Gasteiger partial charge in [-0.1, -0.05) is 12.1 Å². The van der Waals surface area contributed by atoms with Crippen LogP contribution in [0.2, 0.25) is 0 Å². The third-order valence-corrected chi connectivity index (χ3v) is 4.89. The number of piperazine rings is 1. The summed E-state index contributed by atoms with van der Waals surface area (Å²) in [6.07, 6.45) is 3.36. The van der Waals surface area contributed by atoms with Crippen molar-refractivity contribution in [3.8, 4) is 5.88 Å². The SMILES string of the molecule is COc1nccnc1N1CCN(c2nsc3ccccc23)CC1. The zero-order valence-electron chi connectivity index (χ0n) is 12.8. The summed E-state index contributed by atoms with van der Waals surface area (Å²) >= 11 is 1.56. The number of hydrogen-bond acceptors (Lipinski definition) is 7. The van der Waals surface area contributed by atoms with Crippen molar-refractivity contribution in [3.63, 3.8) is 0 Å². The quantitative estimate of drug-likeness (QED) is 0.736. The van der Waals surface area contributed by atoms with E-state index in [2.05, 4.69) is 48.4 Å². The first-order valence-electron chi connectivity index (χ1n) is 7.56. The summed E-state index contributed by atoms with van der Waals surface area (Å²) in [6.45, 7) is 3.57. The smallest absolute Gasteiger partial charge is 0.257 e. The average molecular weight is 327 g/mol. The predicted molar refractivity (Wildman–Crippen MR) is 92.6 cm³/mol. The van der Waals surface area contributed by atoms with Crippen molar-refractivity contribution in [2.75, 3.05) is 43.1 Å². The van der Waals surface area contributed by atoms with E-state index in [0.717, 1.165) is 37.8 Å². The molecule has 1 aliphatic heterocycles. The lowest BCUT2D eigenvalue weighted by Crippen LogP contribution is -2.47. The molecule has 1 aliphatic rings. The van der Waals surface area contributed by atoms with Gasteiger partial charge in [-0.25, -0.2) is 9.97 Å². The lowest BCUT2D eigenvalue weighted by molar-refractivity contribution is 0.394. The number of nitrogens with zero attached hydrogens (tertiary/aromatic N) is 5. The molecular formula is C16H17N5OS. The summed E-state index contributed by atoms with van der Waals surface area (Å²) in [4.78, 5) is 13.2. The van der Waals surface area contributed by atoms with Gasteiger partial charge in [-0.2, -0.15) is 4.37 Å². The van der Waals surface area contributed by atoms with Crippen molar-refractivity contribution in [2.45, 2.75) is 0 Å². The van der Waals surface area contributed by atoms with Gasteiger partial charge in [0.15, 0.2) is 5.82 Å². The van der Waals surface area contributed by atoms with Crippen LogP contribution in [0.15, 0.2) is 36.7 Å². The first-order valence-corrected chi connectivity index (χ1v) is 8.33. The van der Waals surface area contributed by atoms with Crippen LogP contribution in [0.25, 0.3) is 10.1 Å². The number of rotatable bonds is 3. The van der Waals surface area contributed by atoms with E-state index >= 15 is 0 Å². The summed E-state index contributed by atoms with van der Waals surface area (Å²) < 4.78 is 11.2. The van der Waals surface area contributed by atoms with E-state index in [1.165, 1.54) is 10.1 Å². The lowest BCUT2D eigenvalue weighted by atomic mass is 10.2. The Morgan fingerprint density at radius 1 is 0.957 bits per heavy atom. The van der Waals surface area contributed by atoms with Crippen LogP contribution in [-0.2, 0) is 0 Å².